The van der Waals surface area contributed by atoms with Crippen molar-refractivity contribution in [1.82, 2.24) is 0 Å². The van der Waals surface area contributed by atoms with Crippen molar-refractivity contribution in [2.75, 3.05) is 0 Å². The molecule has 0 fully saturated rings. The molecule has 0 radical (unpaired) electrons. The van der Waals surface area contributed by atoms with Crippen LogP contribution in [0.2, 0.25) is 0 Å². The summed E-state index contributed by atoms with van der Waals surface area (Å²) in [5.74, 6) is 0. The number of nitrogens with zero attached hydrogens (tertiary/aromatic N) is 1. The quantitative estimate of drug-likeness (QED) is 0.190. The van der Waals surface area contributed by atoms with Crippen LogP contribution in [0.15, 0.2) is 163 Å². The summed E-state index contributed by atoms with van der Waals surface area (Å²) in [6.45, 7) is 0. The van der Waals surface area contributed by atoms with Crippen molar-refractivity contribution in [3.63, 3.8) is 0 Å². The third kappa shape index (κ3) is 4.83. The van der Waals surface area contributed by atoms with Gasteiger partial charge in [-0.2, -0.15) is 0 Å². The average Bonchev–Trinajstić information content (AvgIpc) is 3.09. The second-order valence-electron chi connectivity index (χ2n) is 11.5. The number of allylic oxidation sites excluding steroid dienone is 3. The van der Waals surface area contributed by atoms with Crippen molar-refractivity contribution in [2.45, 2.75) is 12.8 Å². The molecular weight excluding hydrogens is 530 g/mol. The zero-order valence-corrected chi connectivity index (χ0v) is 24.4. The van der Waals surface area contributed by atoms with Crippen molar-refractivity contribution in [1.29, 1.82) is 0 Å². The molecule has 0 unspecified atom stereocenters. The second-order valence-corrected chi connectivity index (χ2v) is 11.5. The highest BCUT2D eigenvalue weighted by Gasteiger charge is 2.11. The van der Waals surface area contributed by atoms with Gasteiger partial charge in [0.05, 0.1) is 5.70 Å². The predicted molar refractivity (Wildman–Crippen MR) is 190 cm³/mol. The van der Waals surface area contributed by atoms with Gasteiger partial charge in [0, 0.05) is 6.21 Å². The van der Waals surface area contributed by atoms with Gasteiger partial charge < -0.3 is 0 Å². The molecule has 0 bridgehead atoms. The van der Waals surface area contributed by atoms with E-state index in [1.165, 1.54) is 65.7 Å². The van der Waals surface area contributed by atoms with Crippen LogP contribution in [0.25, 0.3) is 65.8 Å². The highest BCUT2D eigenvalue weighted by atomic mass is 14.7. The minimum atomic E-state index is 0.957. The van der Waals surface area contributed by atoms with Gasteiger partial charge in [0.1, 0.15) is 0 Å². The minimum absolute atomic E-state index is 0.957. The Morgan fingerprint density at radius 1 is 0.386 bits per heavy atom. The normalized spacial score (nSPS) is 16.5. The van der Waals surface area contributed by atoms with E-state index in [2.05, 4.69) is 152 Å². The van der Waals surface area contributed by atoms with Crippen molar-refractivity contribution < 1.29 is 0 Å². The number of fused-ring (bicyclic) bond motifs is 6. The molecule has 1 heterocycles. The third-order valence-electron chi connectivity index (χ3n) is 8.82. The molecular formula is C43H31N. The number of aliphatic imine (C=N–C) groups is 1. The van der Waals surface area contributed by atoms with Gasteiger partial charge in [-0.05, 0) is 108 Å². The maximum Gasteiger partial charge on any atom is 0.0662 e. The summed E-state index contributed by atoms with van der Waals surface area (Å²) < 4.78 is 0. The van der Waals surface area contributed by atoms with E-state index in [0.717, 1.165) is 24.1 Å². The summed E-state index contributed by atoms with van der Waals surface area (Å²) in [5, 5.41) is 7.81. The molecule has 7 aromatic carbocycles. The Morgan fingerprint density at radius 3 is 1.55 bits per heavy atom. The van der Waals surface area contributed by atoms with E-state index in [9.17, 15) is 0 Å². The molecule has 44 heavy (non-hydrogen) atoms. The molecule has 1 aliphatic rings. The summed E-state index contributed by atoms with van der Waals surface area (Å²) in [7, 11) is 0. The molecule has 1 nitrogen and oxygen atoms in total. The number of rotatable bonds is 4. The van der Waals surface area contributed by atoms with Gasteiger partial charge >= 0.3 is 0 Å². The van der Waals surface area contributed by atoms with Crippen LogP contribution in [0.5, 0.6) is 0 Å². The van der Waals surface area contributed by atoms with Crippen LogP contribution in [0.4, 0.5) is 0 Å². The van der Waals surface area contributed by atoms with Crippen LogP contribution >= 0.6 is 0 Å². The van der Waals surface area contributed by atoms with Gasteiger partial charge in [-0.1, -0.05) is 133 Å². The first-order chi connectivity index (χ1) is 21.8. The fourth-order valence-corrected chi connectivity index (χ4v) is 6.61. The van der Waals surface area contributed by atoms with E-state index in [1.54, 1.807) is 0 Å². The van der Waals surface area contributed by atoms with Crippen LogP contribution in [-0.4, -0.2) is 6.21 Å². The highest BCUT2D eigenvalue weighted by molar-refractivity contribution is 6.25. The third-order valence-corrected chi connectivity index (χ3v) is 8.82. The fraction of sp³-hybridized carbons (Fsp3) is 0.0465. The van der Waals surface area contributed by atoms with Crippen molar-refractivity contribution >= 4 is 49.8 Å². The molecule has 0 saturated heterocycles. The van der Waals surface area contributed by atoms with Crippen molar-refractivity contribution in [2.24, 2.45) is 4.99 Å². The minimum Gasteiger partial charge on any atom is -0.257 e. The van der Waals surface area contributed by atoms with Crippen molar-refractivity contribution in [3.05, 3.63) is 169 Å². The Kier molecular flexibility index (Phi) is 6.70. The van der Waals surface area contributed by atoms with E-state index in [0.29, 0.717) is 0 Å². The SMILES string of the molecule is C1=N\C(c2ccccc2)=C/CC\C(c2cccc(-c3cccc(-c4ccc5c6ccccc6c6ccccc6c5c4)c3)c2)=C/1. The molecule has 0 saturated carbocycles. The fourth-order valence-electron chi connectivity index (χ4n) is 6.61. The van der Waals surface area contributed by atoms with Gasteiger partial charge in [0.25, 0.3) is 0 Å². The van der Waals surface area contributed by atoms with Gasteiger partial charge in [0.15, 0.2) is 0 Å². The molecule has 0 N–H and O–H groups in total. The lowest BCUT2D eigenvalue weighted by Crippen LogP contribution is -1.91. The number of hydrogen-bond acceptors (Lipinski definition) is 1. The van der Waals surface area contributed by atoms with Gasteiger partial charge in [-0.3, -0.25) is 4.99 Å². The lowest BCUT2D eigenvalue weighted by Gasteiger charge is -2.13. The highest BCUT2D eigenvalue weighted by Crippen LogP contribution is 2.38. The standard InChI is InChI=1S/C43H31N/c1-2-11-31(12-3-1)43-22-10-13-30(25-26-44-43)32-14-8-15-33(27-32)34-16-9-17-35(28-34)36-23-24-41-39-20-5-4-18-37(39)38-19-6-7-21-40(38)42(41)29-36/h1-9,11-12,14-29H,10,13H2/b30-25+,43-22-,44-26-. The number of benzene rings is 7. The van der Waals surface area contributed by atoms with Gasteiger partial charge in [-0.15, -0.1) is 0 Å². The van der Waals surface area contributed by atoms with Crippen LogP contribution in [-0.2, 0) is 0 Å². The van der Waals surface area contributed by atoms with Gasteiger partial charge in [-0.25, -0.2) is 0 Å². The molecule has 0 aliphatic carbocycles. The first-order valence-electron chi connectivity index (χ1n) is 15.4. The maximum atomic E-state index is 4.77. The largest absolute Gasteiger partial charge is 0.257 e. The van der Waals surface area contributed by atoms with Crippen LogP contribution in [0.1, 0.15) is 24.0 Å². The molecule has 208 valence electrons. The molecule has 0 atom stereocenters. The van der Waals surface area contributed by atoms with E-state index in [1.807, 2.05) is 12.3 Å². The molecule has 7 aromatic rings. The lowest BCUT2D eigenvalue weighted by atomic mass is 9.91. The molecule has 0 spiro atoms. The smallest absolute Gasteiger partial charge is 0.0662 e. The summed E-state index contributed by atoms with van der Waals surface area (Å²) in [6, 6.07) is 52.8. The maximum absolute atomic E-state index is 4.77. The summed E-state index contributed by atoms with van der Waals surface area (Å²) in [5.41, 5.74) is 9.67. The predicted octanol–water partition coefficient (Wildman–Crippen LogP) is 11.8. The van der Waals surface area contributed by atoms with E-state index in [-0.39, 0.29) is 0 Å². The molecule has 1 heteroatoms. The zero-order valence-electron chi connectivity index (χ0n) is 24.4. The van der Waals surface area contributed by atoms with E-state index < -0.39 is 0 Å². The Bertz CT molecular complexity index is 2230. The topological polar surface area (TPSA) is 12.4 Å². The first kappa shape index (κ1) is 26.1. The zero-order chi connectivity index (χ0) is 29.3. The molecule has 0 aromatic heterocycles. The molecule has 0 amide bonds. The second kappa shape index (κ2) is 11.3. The van der Waals surface area contributed by atoms with E-state index in [4.69, 9.17) is 4.99 Å². The van der Waals surface area contributed by atoms with Crippen LogP contribution in [0, 0.1) is 0 Å². The average molecular weight is 562 g/mol. The first-order valence-corrected chi connectivity index (χ1v) is 15.4. The van der Waals surface area contributed by atoms with Crippen molar-refractivity contribution in [3.8, 4) is 22.3 Å². The summed E-state index contributed by atoms with van der Waals surface area (Å²) in [4.78, 5) is 4.77. The monoisotopic (exact) mass is 561 g/mol. The molecule has 1 aliphatic heterocycles. The Balaban J connectivity index is 1.14. The number of hydrogen-bond donors (Lipinski definition) is 0. The van der Waals surface area contributed by atoms with Crippen LogP contribution < -0.4 is 0 Å². The van der Waals surface area contributed by atoms with Crippen LogP contribution in [0.3, 0.4) is 0 Å². The summed E-state index contributed by atoms with van der Waals surface area (Å²) >= 11 is 0. The Labute approximate surface area is 258 Å². The van der Waals surface area contributed by atoms with E-state index >= 15 is 0 Å². The Morgan fingerprint density at radius 2 is 0.886 bits per heavy atom. The molecule has 8 rings (SSSR count). The summed E-state index contributed by atoms with van der Waals surface area (Å²) in [6.07, 6.45) is 8.31. The Hall–Kier alpha value is -5.53. The van der Waals surface area contributed by atoms with Gasteiger partial charge in [0.2, 0.25) is 0 Å². The lowest BCUT2D eigenvalue weighted by molar-refractivity contribution is 1.07.